The summed E-state index contributed by atoms with van der Waals surface area (Å²) >= 11 is 0. The van der Waals surface area contributed by atoms with Crippen LogP contribution in [0.3, 0.4) is 0 Å². The van der Waals surface area contributed by atoms with E-state index in [0.29, 0.717) is 18.2 Å². The molecule has 1 fully saturated rings. The molecule has 36 heavy (non-hydrogen) atoms. The number of alkyl halides is 2. The molecule has 1 saturated heterocycles. The standard InChI is InChI=1S/C27H21F2N5O2/c1-27(28,29)26(36)32-22-14-24(35)33(25(22)18-5-3-2-4-6-18)21-11-12-23-19(13-21)16-31-34(23)20-9-7-17(15-30)8-10-20/h2-13,16,22,25H,14H2,1H3,(H,32,36). The molecule has 0 saturated carbocycles. The Morgan fingerprint density at radius 1 is 1.08 bits per heavy atom. The summed E-state index contributed by atoms with van der Waals surface area (Å²) in [6, 6.07) is 22.1. The molecule has 1 aliphatic rings. The van der Waals surface area contributed by atoms with E-state index < -0.39 is 23.9 Å². The van der Waals surface area contributed by atoms with Gasteiger partial charge in [0.1, 0.15) is 0 Å². The van der Waals surface area contributed by atoms with Crippen molar-refractivity contribution in [1.82, 2.24) is 15.1 Å². The van der Waals surface area contributed by atoms with Crippen LogP contribution in [0.1, 0.15) is 30.5 Å². The van der Waals surface area contributed by atoms with Crippen LogP contribution in [0.4, 0.5) is 14.5 Å². The average molecular weight is 485 g/mol. The van der Waals surface area contributed by atoms with Crippen LogP contribution >= 0.6 is 0 Å². The number of carbonyl (C=O) groups excluding carboxylic acids is 2. The highest BCUT2D eigenvalue weighted by atomic mass is 19.3. The van der Waals surface area contributed by atoms with Gasteiger partial charge < -0.3 is 10.2 Å². The molecule has 2 heterocycles. The molecular weight excluding hydrogens is 464 g/mol. The maximum absolute atomic E-state index is 13.6. The minimum atomic E-state index is -3.56. The number of fused-ring (bicyclic) bond motifs is 1. The summed E-state index contributed by atoms with van der Waals surface area (Å²) < 4.78 is 29.0. The average Bonchev–Trinajstić information content (AvgIpc) is 3.44. The molecule has 180 valence electrons. The molecule has 0 spiro atoms. The van der Waals surface area contributed by atoms with Crippen LogP contribution in [0.2, 0.25) is 0 Å². The Morgan fingerprint density at radius 3 is 2.44 bits per heavy atom. The minimum absolute atomic E-state index is 0.107. The number of nitrogens with one attached hydrogen (secondary N) is 1. The Balaban J connectivity index is 1.53. The number of nitrogens with zero attached hydrogens (tertiary/aromatic N) is 4. The van der Waals surface area contributed by atoms with Gasteiger partial charge in [0.15, 0.2) is 0 Å². The van der Waals surface area contributed by atoms with E-state index in [1.807, 2.05) is 18.2 Å². The molecule has 0 radical (unpaired) electrons. The van der Waals surface area contributed by atoms with Gasteiger partial charge in [-0.3, -0.25) is 9.59 Å². The van der Waals surface area contributed by atoms with Crippen molar-refractivity contribution in [3.63, 3.8) is 0 Å². The Bertz CT molecular complexity index is 1490. The molecule has 1 N–H and O–H groups in total. The minimum Gasteiger partial charge on any atom is -0.345 e. The first-order valence-corrected chi connectivity index (χ1v) is 11.3. The van der Waals surface area contributed by atoms with Crippen molar-refractivity contribution in [3.05, 3.63) is 90.1 Å². The van der Waals surface area contributed by atoms with Crippen molar-refractivity contribution < 1.29 is 18.4 Å². The summed E-state index contributed by atoms with van der Waals surface area (Å²) in [7, 11) is 0. The van der Waals surface area contributed by atoms with Gasteiger partial charge >= 0.3 is 5.92 Å². The molecule has 1 aliphatic heterocycles. The topological polar surface area (TPSA) is 91.0 Å². The number of aromatic nitrogens is 2. The van der Waals surface area contributed by atoms with Crippen LogP contribution < -0.4 is 10.2 Å². The zero-order valence-corrected chi connectivity index (χ0v) is 19.2. The fourth-order valence-electron chi connectivity index (χ4n) is 4.55. The Kier molecular flexibility index (Phi) is 5.72. The maximum atomic E-state index is 13.6. The van der Waals surface area contributed by atoms with Crippen LogP contribution in [0.5, 0.6) is 0 Å². The van der Waals surface area contributed by atoms with Gasteiger partial charge in [-0.25, -0.2) is 4.68 Å². The largest absolute Gasteiger partial charge is 0.345 e. The molecule has 0 aliphatic carbocycles. The highest BCUT2D eigenvalue weighted by Gasteiger charge is 2.45. The molecule has 2 amide bonds. The first-order chi connectivity index (χ1) is 17.3. The van der Waals surface area contributed by atoms with Gasteiger partial charge in [0.25, 0.3) is 5.91 Å². The highest BCUT2D eigenvalue weighted by Crippen LogP contribution is 2.39. The van der Waals surface area contributed by atoms with Crippen LogP contribution in [0.25, 0.3) is 16.6 Å². The predicted molar refractivity (Wildman–Crippen MR) is 130 cm³/mol. The SMILES string of the molecule is CC(F)(F)C(=O)NC1CC(=O)N(c2ccc3c(cnn3-c3ccc(C#N)cc3)c2)C1c1ccccc1. The Labute approximate surface area is 205 Å². The van der Waals surface area contributed by atoms with E-state index >= 15 is 0 Å². The number of nitriles is 1. The predicted octanol–water partition coefficient (Wildman–Crippen LogP) is 4.52. The van der Waals surface area contributed by atoms with Crippen molar-refractivity contribution in [2.75, 3.05) is 4.90 Å². The van der Waals surface area contributed by atoms with E-state index in [4.69, 9.17) is 5.26 Å². The molecule has 4 aromatic rings. The van der Waals surface area contributed by atoms with Crippen molar-refractivity contribution in [2.45, 2.75) is 31.4 Å². The van der Waals surface area contributed by atoms with E-state index in [-0.39, 0.29) is 12.3 Å². The summed E-state index contributed by atoms with van der Waals surface area (Å²) in [4.78, 5) is 26.8. The van der Waals surface area contributed by atoms with Gasteiger partial charge in [0.2, 0.25) is 5.91 Å². The number of anilines is 1. The molecule has 0 bridgehead atoms. The van der Waals surface area contributed by atoms with Crippen LogP contribution in [0, 0.1) is 11.3 Å². The van der Waals surface area contributed by atoms with Crippen molar-refractivity contribution in [1.29, 1.82) is 5.26 Å². The molecular formula is C27H21F2N5O2. The van der Waals surface area contributed by atoms with Gasteiger partial charge in [-0.2, -0.15) is 19.1 Å². The first kappa shape index (κ1) is 23.2. The third kappa shape index (κ3) is 4.18. The third-order valence-corrected chi connectivity index (χ3v) is 6.25. The zero-order valence-electron chi connectivity index (χ0n) is 19.2. The van der Waals surface area contributed by atoms with E-state index in [1.165, 1.54) is 0 Å². The molecule has 3 aromatic carbocycles. The second-order valence-electron chi connectivity index (χ2n) is 8.75. The van der Waals surface area contributed by atoms with Crippen molar-refractivity contribution in [2.24, 2.45) is 0 Å². The molecule has 2 atom stereocenters. The number of hydrogen-bond donors (Lipinski definition) is 1. The van der Waals surface area contributed by atoms with E-state index in [9.17, 15) is 18.4 Å². The molecule has 2 unspecified atom stereocenters. The van der Waals surface area contributed by atoms with Crippen molar-refractivity contribution >= 4 is 28.4 Å². The van der Waals surface area contributed by atoms with Gasteiger partial charge in [0.05, 0.1) is 41.1 Å². The third-order valence-electron chi connectivity index (χ3n) is 6.25. The Morgan fingerprint density at radius 2 is 1.78 bits per heavy atom. The second kappa shape index (κ2) is 8.89. The fraction of sp³-hybridized carbons (Fsp3) is 0.185. The van der Waals surface area contributed by atoms with Crippen LogP contribution in [-0.4, -0.2) is 33.6 Å². The quantitative estimate of drug-likeness (QED) is 0.450. The number of benzene rings is 3. The summed E-state index contributed by atoms with van der Waals surface area (Å²) in [5.41, 5.74) is 3.41. The number of carbonyl (C=O) groups is 2. The Hall–Kier alpha value is -4.58. The number of halogens is 2. The van der Waals surface area contributed by atoms with E-state index in [1.54, 1.807) is 70.4 Å². The summed E-state index contributed by atoms with van der Waals surface area (Å²) in [5.74, 6) is -5.26. The van der Waals surface area contributed by atoms with Gasteiger partial charge in [-0.15, -0.1) is 0 Å². The number of amides is 2. The number of rotatable bonds is 5. The van der Waals surface area contributed by atoms with Gasteiger partial charge in [0, 0.05) is 24.4 Å². The lowest BCUT2D eigenvalue weighted by Crippen LogP contribution is -2.46. The zero-order chi connectivity index (χ0) is 25.4. The first-order valence-electron chi connectivity index (χ1n) is 11.3. The van der Waals surface area contributed by atoms with Crippen LogP contribution in [0.15, 0.2) is 79.0 Å². The summed E-state index contributed by atoms with van der Waals surface area (Å²) in [6.45, 7) is 0.536. The van der Waals surface area contributed by atoms with Crippen molar-refractivity contribution in [3.8, 4) is 11.8 Å². The summed E-state index contributed by atoms with van der Waals surface area (Å²) in [5, 5.41) is 16.6. The highest BCUT2D eigenvalue weighted by molar-refractivity contribution is 6.00. The van der Waals surface area contributed by atoms with E-state index in [0.717, 1.165) is 22.2 Å². The lowest BCUT2D eigenvalue weighted by atomic mass is 9.99. The summed E-state index contributed by atoms with van der Waals surface area (Å²) in [6.07, 6.45) is 1.57. The van der Waals surface area contributed by atoms with Gasteiger partial charge in [-0.05, 0) is 48.0 Å². The van der Waals surface area contributed by atoms with Crippen LogP contribution in [-0.2, 0) is 9.59 Å². The molecule has 5 rings (SSSR count). The normalized spacial score (nSPS) is 17.8. The lowest BCUT2D eigenvalue weighted by molar-refractivity contribution is -0.143. The number of hydrogen-bond acceptors (Lipinski definition) is 4. The lowest BCUT2D eigenvalue weighted by Gasteiger charge is -2.29. The van der Waals surface area contributed by atoms with E-state index in [2.05, 4.69) is 16.5 Å². The molecule has 9 heteroatoms. The maximum Gasteiger partial charge on any atom is 0.321 e. The van der Waals surface area contributed by atoms with Gasteiger partial charge in [-0.1, -0.05) is 30.3 Å². The smallest absolute Gasteiger partial charge is 0.321 e. The molecule has 7 nitrogen and oxygen atoms in total. The molecule has 1 aromatic heterocycles. The monoisotopic (exact) mass is 485 g/mol. The second-order valence-corrected chi connectivity index (χ2v) is 8.75. The fourth-order valence-corrected chi connectivity index (χ4v) is 4.55.